The molecule has 1 saturated heterocycles. The number of nitrogens with one attached hydrogen (secondary N) is 1. The van der Waals surface area contributed by atoms with E-state index in [4.69, 9.17) is 4.74 Å². The molecule has 0 amide bonds. The van der Waals surface area contributed by atoms with Crippen molar-refractivity contribution < 1.29 is 4.74 Å². The van der Waals surface area contributed by atoms with Crippen LogP contribution in [0.15, 0.2) is 9.98 Å². The first kappa shape index (κ1) is 9.58. The van der Waals surface area contributed by atoms with Crippen LogP contribution in [0.25, 0.3) is 0 Å². The van der Waals surface area contributed by atoms with Crippen molar-refractivity contribution in [2.45, 2.75) is 12.5 Å². The molecule has 13 heavy (non-hydrogen) atoms. The minimum absolute atomic E-state index is 0.437. The molecule has 2 heterocycles. The molecule has 1 unspecified atom stereocenters. The van der Waals surface area contributed by atoms with Gasteiger partial charge in [-0.15, -0.1) is 11.3 Å². The molecular weight excluding hydrogens is 252 g/mol. The highest BCUT2D eigenvalue weighted by Crippen LogP contribution is 2.20. The fraction of sp³-hybridized carbons (Fsp3) is 0.625. The number of thiazole rings is 1. The van der Waals surface area contributed by atoms with Crippen LogP contribution in [0.1, 0.15) is 5.01 Å². The lowest BCUT2D eigenvalue weighted by Gasteiger charge is -2.22. The number of rotatable bonds is 2. The van der Waals surface area contributed by atoms with E-state index in [1.807, 2.05) is 6.20 Å². The first-order chi connectivity index (χ1) is 6.34. The third kappa shape index (κ3) is 2.74. The van der Waals surface area contributed by atoms with Gasteiger partial charge >= 0.3 is 0 Å². The van der Waals surface area contributed by atoms with Crippen LogP contribution in [0.2, 0.25) is 0 Å². The highest BCUT2D eigenvalue weighted by molar-refractivity contribution is 9.11. The molecule has 0 aliphatic carbocycles. The molecule has 0 radical (unpaired) electrons. The smallest absolute Gasteiger partial charge is 0.0953 e. The molecule has 1 aliphatic heterocycles. The fourth-order valence-corrected chi connectivity index (χ4v) is 2.73. The van der Waals surface area contributed by atoms with E-state index < -0.39 is 0 Å². The van der Waals surface area contributed by atoms with Gasteiger partial charge in [-0.2, -0.15) is 0 Å². The largest absolute Gasteiger partial charge is 0.379 e. The molecule has 1 N–H and O–H groups in total. The van der Waals surface area contributed by atoms with E-state index in [9.17, 15) is 0 Å². The maximum atomic E-state index is 5.36. The summed E-state index contributed by atoms with van der Waals surface area (Å²) >= 11 is 5.09. The van der Waals surface area contributed by atoms with Gasteiger partial charge in [0.25, 0.3) is 0 Å². The summed E-state index contributed by atoms with van der Waals surface area (Å²) in [6, 6.07) is 0.437. The molecule has 5 heteroatoms. The zero-order valence-electron chi connectivity index (χ0n) is 7.12. The molecule has 0 aromatic carbocycles. The lowest BCUT2D eigenvalue weighted by molar-refractivity contribution is 0.0770. The number of ether oxygens (including phenoxy) is 1. The highest BCUT2D eigenvalue weighted by atomic mass is 79.9. The van der Waals surface area contributed by atoms with Crippen LogP contribution in [0.4, 0.5) is 0 Å². The number of aromatic nitrogens is 1. The average molecular weight is 263 g/mol. The molecule has 1 atom stereocenters. The molecule has 0 bridgehead atoms. The second-order valence-electron chi connectivity index (χ2n) is 2.99. The maximum Gasteiger partial charge on any atom is 0.0953 e. The Morgan fingerprint density at radius 2 is 2.69 bits per heavy atom. The van der Waals surface area contributed by atoms with E-state index in [1.54, 1.807) is 11.3 Å². The van der Waals surface area contributed by atoms with E-state index in [-0.39, 0.29) is 0 Å². The first-order valence-corrected chi connectivity index (χ1v) is 5.87. The van der Waals surface area contributed by atoms with Gasteiger partial charge in [-0.05, 0) is 15.9 Å². The second kappa shape index (κ2) is 4.50. The number of hydrogen-bond donors (Lipinski definition) is 1. The Labute approximate surface area is 89.6 Å². The van der Waals surface area contributed by atoms with Gasteiger partial charge in [0.05, 0.1) is 28.2 Å². The fourth-order valence-electron chi connectivity index (χ4n) is 1.34. The van der Waals surface area contributed by atoms with Gasteiger partial charge in [0.2, 0.25) is 0 Å². The highest BCUT2D eigenvalue weighted by Gasteiger charge is 2.14. The minimum atomic E-state index is 0.437. The summed E-state index contributed by atoms with van der Waals surface area (Å²) in [5.41, 5.74) is 0. The SMILES string of the molecule is Brc1cnc(CC2COCCN2)s1. The van der Waals surface area contributed by atoms with Gasteiger partial charge in [0.1, 0.15) is 0 Å². The Balaban J connectivity index is 1.89. The molecule has 2 rings (SSSR count). The van der Waals surface area contributed by atoms with Crippen LogP contribution in [-0.4, -0.2) is 30.8 Å². The van der Waals surface area contributed by atoms with E-state index in [2.05, 4.69) is 26.2 Å². The third-order valence-electron chi connectivity index (χ3n) is 1.94. The Bertz CT molecular complexity index is 273. The Kier molecular flexibility index (Phi) is 3.32. The third-order valence-corrected chi connectivity index (χ3v) is 3.44. The summed E-state index contributed by atoms with van der Waals surface area (Å²) < 4.78 is 6.46. The summed E-state index contributed by atoms with van der Waals surface area (Å²) in [6.45, 7) is 2.59. The number of halogens is 1. The van der Waals surface area contributed by atoms with Crippen LogP contribution in [0, 0.1) is 0 Å². The Morgan fingerprint density at radius 1 is 1.77 bits per heavy atom. The lowest BCUT2D eigenvalue weighted by atomic mass is 10.2. The van der Waals surface area contributed by atoms with Crippen molar-refractivity contribution in [3.05, 3.63) is 15.0 Å². The van der Waals surface area contributed by atoms with Crippen molar-refractivity contribution >= 4 is 27.3 Å². The van der Waals surface area contributed by atoms with Crippen molar-refractivity contribution in [1.29, 1.82) is 0 Å². The quantitative estimate of drug-likeness (QED) is 0.876. The molecule has 1 fully saturated rings. The Hall–Kier alpha value is 0.0300. The van der Waals surface area contributed by atoms with E-state index in [0.29, 0.717) is 6.04 Å². The second-order valence-corrected chi connectivity index (χ2v) is 5.48. The van der Waals surface area contributed by atoms with Crippen molar-refractivity contribution in [3.8, 4) is 0 Å². The van der Waals surface area contributed by atoms with Crippen molar-refractivity contribution in [2.75, 3.05) is 19.8 Å². The molecular formula is C8H11BrN2OS. The van der Waals surface area contributed by atoms with E-state index >= 15 is 0 Å². The monoisotopic (exact) mass is 262 g/mol. The molecule has 1 aromatic rings. The summed E-state index contributed by atoms with van der Waals surface area (Å²) in [5.74, 6) is 0. The predicted molar refractivity (Wildman–Crippen MR) is 56.1 cm³/mol. The molecule has 1 aromatic heterocycles. The van der Waals surface area contributed by atoms with Crippen LogP contribution < -0.4 is 5.32 Å². The number of hydrogen-bond acceptors (Lipinski definition) is 4. The normalized spacial score (nSPS) is 23.3. The van der Waals surface area contributed by atoms with Crippen LogP contribution in [-0.2, 0) is 11.2 Å². The van der Waals surface area contributed by atoms with Gasteiger partial charge < -0.3 is 10.1 Å². The standard InChI is InChI=1S/C8H11BrN2OS/c9-7-4-11-8(13-7)3-6-5-12-2-1-10-6/h4,6,10H,1-3,5H2. The first-order valence-electron chi connectivity index (χ1n) is 4.26. The van der Waals surface area contributed by atoms with E-state index in [1.165, 1.54) is 0 Å². The van der Waals surface area contributed by atoms with Crippen molar-refractivity contribution in [1.82, 2.24) is 10.3 Å². The summed E-state index contributed by atoms with van der Waals surface area (Å²) in [5, 5.41) is 4.57. The van der Waals surface area contributed by atoms with Crippen molar-refractivity contribution in [2.24, 2.45) is 0 Å². The molecule has 72 valence electrons. The summed E-state index contributed by atoms with van der Waals surface area (Å²) in [7, 11) is 0. The topological polar surface area (TPSA) is 34.1 Å². The molecule has 1 aliphatic rings. The van der Waals surface area contributed by atoms with Crippen LogP contribution >= 0.6 is 27.3 Å². The van der Waals surface area contributed by atoms with Gasteiger partial charge in [0, 0.05) is 19.0 Å². The van der Waals surface area contributed by atoms with Gasteiger partial charge in [-0.3, -0.25) is 0 Å². The summed E-state index contributed by atoms with van der Waals surface area (Å²) in [6.07, 6.45) is 2.82. The van der Waals surface area contributed by atoms with Gasteiger partial charge in [0.15, 0.2) is 0 Å². The molecule has 0 spiro atoms. The number of nitrogens with zero attached hydrogens (tertiary/aromatic N) is 1. The maximum absolute atomic E-state index is 5.36. The van der Waals surface area contributed by atoms with Crippen LogP contribution in [0.5, 0.6) is 0 Å². The van der Waals surface area contributed by atoms with Gasteiger partial charge in [-0.25, -0.2) is 4.98 Å². The van der Waals surface area contributed by atoms with Crippen molar-refractivity contribution in [3.63, 3.8) is 0 Å². The number of morpholine rings is 1. The van der Waals surface area contributed by atoms with E-state index in [0.717, 1.165) is 35.0 Å². The lowest BCUT2D eigenvalue weighted by Crippen LogP contribution is -2.42. The molecule has 3 nitrogen and oxygen atoms in total. The van der Waals surface area contributed by atoms with Crippen LogP contribution in [0.3, 0.4) is 0 Å². The molecule has 0 saturated carbocycles. The average Bonchev–Trinajstić information content (AvgIpc) is 2.53. The zero-order valence-corrected chi connectivity index (χ0v) is 9.53. The zero-order chi connectivity index (χ0) is 9.10. The summed E-state index contributed by atoms with van der Waals surface area (Å²) in [4.78, 5) is 4.29. The predicted octanol–water partition coefficient (Wildman–Crippen LogP) is 1.44. The van der Waals surface area contributed by atoms with Gasteiger partial charge in [-0.1, -0.05) is 0 Å². The minimum Gasteiger partial charge on any atom is -0.379 e. The Morgan fingerprint density at radius 3 is 3.31 bits per heavy atom.